The highest BCUT2D eigenvalue weighted by Crippen LogP contribution is 2.25. The maximum absolute atomic E-state index is 6.00. The number of hydrogen-bond acceptors (Lipinski definition) is 3. The van der Waals surface area contributed by atoms with Crippen LogP contribution in [0.3, 0.4) is 0 Å². The van der Waals surface area contributed by atoms with Crippen LogP contribution in [-0.4, -0.2) is 24.1 Å². The van der Waals surface area contributed by atoms with E-state index in [1.165, 1.54) is 9.26 Å². The maximum atomic E-state index is 6.00. The van der Waals surface area contributed by atoms with Crippen molar-refractivity contribution in [1.29, 1.82) is 0 Å². The predicted octanol–water partition coefficient (Wildman–Crippen LogP) is 4.42. The van der Waals surface area contributed by atoms with Gasteiger partial charge in [0.05, 0.1) is 0 Å². The zero-order valence-electron chi connectivity index (χ0n) is 11.6. The van der Waals surface area contributed by atoms with Crippen LogP contribution < -0.4 is 10.2 Å². The molecule has 1 aromatic carbocycles. The minimum Gasteiger partial charge on any atom is -0.381 e. The van der Waals surface area contributed by atoms with Crippen LogP contribution in [0.2, 0.25) is 5.02 Å². The standard InChI is InChI=1S/C16H17ClIN3/c17-12-4-5-15(14(18)11-12)20-13-6-9-21(10-7-13)16-3-1-2-8-19-16/h1-5,8,11,13,20H,6-7,9-10H2. The fourth-order valence-electron chi connectivity index (χ4n) is 2.62. The van der Waals surface area contributed by atoms with Crippen molar-refractivity contribution in [2.45, 2.75) is 18.9 Å². The van der Waals surface area contributed by atoms with Crippen molar-refractivity contribution in [3.8, 4) is 0 Å². The number of hydrogen-bond donors (Lipinski definition) is 1. The molecule has 1 aromatic heterocycles. The number of anilines is 2. The van der Waals surface area contributed by atoms with E-state index in [1.54, 1.807) is 0 Å². The summed E-state index contributed by atoms with van der Waals surface area (Å²) >= 11 is 8.33. The van der Waals surface area contributed by atoms with Crippen LogP contribution >= 0.6 is 34.2 Å². The number of rotatable bonds is 3. The molecule has 3 rings (SSSR count). The lowest BCUT2D eigenvalue weighted by Crippen LogP contribution is -2.39. The summed E-state index contributed by atoms with van der Waals surface area (Å²) in [6.45, 7) is 2.08. The number of piperidine rings is 1. The van der Waals surface area contributed by atoms with Gasteiger partial charge in [-0.15, -0.1) is 0 Å². The van der Waals surface area contributed by atoms with Gasteiger partial charge in [0.15, 0.2) is 0 Å². The summed E-state index contributed by atoms with van der Waals surface area (Å²) in [5.41, 5.74) is 1.18. The third kappa shape index (κ3) is 3.80. The first-order valence-electron chi connectivity index (χ1n) is 7.10. The van der Waals surface area contributed by atoms with Crippen molar-refractivity contribution < 1.29 is 0 Å². The molecule has 21 heavy (non-hydrogen) atoms. The van der Waals surface area contributed by atoms with E-state index < -0.39 is 0 Å². The van der Waals surface area contributed by atoms with Gasteiger partial charge < -0.3 is 10.2 Å². The summed E-state index contributed by atoms with van der Waals surface area (Å²) in [6, 6.07) is 12.6. The van der Waals surface area contributed by atoms with Crippen LogP contribution in [0.25, 0.3) is 0 Å². The van der Waals surface area contributed by atoms with E-state index in [2.05, 4.69) is 49.9 Å². The number of nitrogens with zero attached hydrogens (tertiary/aromatic N) is 2. The smallest absolute Gasteiger partial charge is 0.128 e. The first-order chi connectivity index (χ1) is 10.2. The molecule has 0 atom stereocenters. The average molecular weight is 414 g/mol. The molecular weight excluding hydrogens is 397 g/mol. The largest absolute Gasteiger partial charge is 0.381 e. The first-order valence-corrected chi connectivity index (χ1v) is 8.55. The van der Waals surface area contributed by atoms with E-state index >= 15 is 0 Å². The maximum Gasteiger partial charge on any atom is 0.128 e. The van der Waals surface area contributed by atoms with Gasteiger partial charge in [-0.2, -0.15) is 0 Å². The monoisotopic (exact) mass is 413 g/mol. The van der Waals surface area contributed by atoms with Crippen molar-refractivity contribution in [1.82, 2.24) is 4.98 Å². The molecule has 0 radical (unpaired) electrons. The Hall–Kier alpha value is -1.01. The first kappa shape index (κ1) is 14.9. The second-order valence-corrected chi connectivity index (χ2v) is 6.82. The molecule has 2 heterocycles. The van der Waals surface area contributed by atoms with Crippen LogP contribution in [0.4, 0.5) is 11.5 Å². The lowest BCUT2D eigenvalue weighted by atomic mass is 10.0. The molecule has 0 bridgehead atoms. The highest BCUT2D eigenvalue weighted by atomic mass is 127. The molecule has 1 aliphatic rings. The summed E-state index contributed by atoms with van der Waals surface area (Å²) in [5.74, 6) is 1.08. The van der Waals surface area contributed by atoms with Gasteiger partial charge in [-0.05, 0) is 65.8 Å². The van der Waals surface area contributed by atoms with Gasteiger partial charge in [0.2, 0.25) is 0 Å². The minimum absolute atomic E-state index is 0.514. The Balaban J connectivity index is 1.59. The molecular formula is C16H17ClIN3. The van der Waals surface area contributed by atoms with E-state index in [0.29, 0.717) is 6.04 Å². The van der Waals surface area contributed by atoms with Crippen LogP contribution in [0.1, 0.15) is 12.8 Å². The van der Waals surface area contributed by atoms with E-state index in [9.17, 15) is 0 Å². The molecule has 0 aliphatic carbocycles. The van der Waals surface area contributed by atoms with Crippen molar-refractivity contribution in [2.75, 3.05) is 23.3 Å². The number of aromatic nitrogens is 1. The van der Waals surface area contributed by atoms with Crippen molar-refractivity contribution >= 4 is 45.7 Å². The van der Waals surface area contributed by atoms with Crippen LogP contribution in [0.15, 0.2) is 42.6 Å². The Bertz CT molecular complexity index is 598. The molecule has 0 spiro atoms. The summed E-state index contributed by atoms with van der Waals surface area (Å²) in [4.78, 5) is 6.78. The third-order valence-electron chi connectivity index (χ3n) is 3.76. The Kier molecular flexibility index (Phi) is 4.85. The molecule has 110 valence electrons. The minimum atomic E-state index is 0.514. The molecule has 0 unspecified atom stereocenters. The molecule has 0 amide bonds. The van der Waals surface area contributed by atoms with E-state index in [-0.39, 0.29) is 0 Å². The van der Waals surface area contributed by atoms with Crippen LogP contribution in [-0.2, 0) is 0 Å². The lowest BCUT2D eigenvalue weighted by Gasteiger charge is -2.33. The van der Waals surface area contributed by atoms with Gasteiger partial charge in [-0.25, -0.2) is 4.98 Å². The summed E-state index contributed by atoms with van der Waals surface area (Å²) in [7, 11) is 0. The Labute approximate surface area is 143 Å². The SMILES string of the molecule is Clc1ccc(NC2CCN(c3ccccn3)CC2)c(I)c1. The molecule has 3 nitrogen and oxygen atoms in total. The summed E-state index contributed by atoms with van der Waals surface area (Å²) in [5, 5.41) is 4.42. The van der Waals surface area contributed by atoms with Gasteiger partial charge in [-0.3, -0.25) is 0 Å². The Morgan fingerprint density at radius 3 is 2.67 bits per heavy atom. The lowest BCUT2D eigenvalue weighted by molar-refractivity contribution is 0.523. The molecule has 1 saturated heterocycles. The number of pyridine rings is 1. The fraction of sp³-hybridized carbons (Fsp3) is 0.312. The molecule has 0 saturated carbocycles. The topological polar surface area (TPSA) is 28.2 Å². The fourth-order valence-corrected chi connectivity index (χ4v) is 3.65. The summed E-state index contributed by atoms with van der Waals surface area (Å²) in [6.07, 6.45) is 4.10. The molecule has 1 N–H and O–H groups in total. The Morgan fingerprint density at radius 1 is 1.19 bits per heavy atom. The van der Waals surface area contributed by atoms with Gasteiger partial charge >= 0.3 is 0 Å². The molecule has 1 fully saturated rings. The normalized spacial score (nSPS) is 16.0. The van der Waals surface area contributed by atoms with Gasteiger partial charge in [-0.1, -0.05) is 17.7 Å². The molecule has 5 heteroatoms. The van der Waals surface area contributed by atoms with Gasteiger partial charge in [0.25, 0.3) is 0 Å². The predicted molar refractivity (Wildman–Crippen MR) is 97.3 cm³/mol. The van der Waals surface area contributed by atoms with E-state index in [1.807, 2.05) is 30.5 Å². The van der Waals surface area contributed by atoms with Crippen molar-refractivity contribution in [3.05, 3.63) is 51.2 Å². The Morgan fingerprint density at radius 2 is 2.00 bits per heavy atom. The highest BCUT2D eigenvalue weighted by Gasteiger charge is 2.20. The number of halogens is 2. The number of benzene rings is 1. The third-order valence-corrected chi connectivity index (χ3v) is 4.89. The second kappa shape index (κ2) is 6.83. The van der Waals surface area contributed by atoms with Gasteiger partial charge in [0.1, 0.15) is 5.82 Å². The molecule has 2 aromatic rings. The van der Waals surface area contributed by atoms with E-state index in [4.69, 9.17) is 11.6 Å². The second-order valence-electron chi connectivity index (χ2n) is 5.22. The highest BCUT2D eigenvalue weighted by molar-refractivity contribution is 14.1. The van der Waals surface area contributed by atoms with Crippen molar-refractivity contribution in [3.63, 3.8) is 0 Å². The summed E-state index contributed by atoms with van der Waals surface area (Å²) < 4.78 is 1.17. The quantitative estimate of drug-likeness (QED) is 0.755. The molecule has 1 aliphatic heterocycles. The van der Waals surface area contributed by atoms with E-state index in [0.717, 1.165) is 36.8 Å². The van der Waals surface area contributed by atoms with Crippen LogP contribution in [0.5, 0.6) is 0 Å². The number of nitrogens with one attached hydrogen (secondary N) is 1. The van der Waals surface area contributed by atoms with Crippen molar-refractivity contribution in [2.24, 2.45) is 0 Å². The zero-order valence-corrected chi connectivity index (χ0v) is 14.5. The zero-order chi connectivity index (χ0) is 14.7. The van der Waals surface area contributed by atoms with Crippen LogP contribution in [0, 0.1) is 3.57 Å². The average Bonchev–Trinajstić information content (AvgIpc) is 2.52. The van der Waals surface area contributed by atoms with Gasteiger partial charge in [0, 0.05) is 39.6 Å².